The monoisotopic (exact) mass is 459 g/mol. The predicted octanol–water partition coefficient (Wildman–Crippen LogP) is -0.981. The largest absolute Gasteiger partial charge is 1.00 e. The van der Waals surface area contributed by atoms with Crippen molar-refractivity contribution in [1.29, 1.82) is 0 Å². The van der Waals surface area contributed by atoms with Crippen LogP contribution < -0.4 is 39.2 Å². The third-order valence-corrected chi connectivity index (χ3v) is 5.88. The van der Waals surface area contributed by atoms with E-state index in [1.807, 2.05) is 32.0 Å². The maximum atomic E-state index is 12.6. The molecule has 0 unspecified atom stereocenters. The minimum absolute atomic E-state index is 0. The summed E-state index contributed by atoms with van der Waals surface area (Å²) in [6, 6.07) is 7.32. The fourth-order valence-electron chi connectivity index (χ4n) is 3.29. The van der Waals surface area contributed by atoms with E-state index >= 15 is 0 Å². The summed E-state index contributed by atoms with van der Waals surface area (Å²) in [4.78, 5) is 17.7. The molecule has 1 amide bonds. The molecule has 0 aliphatic carbocycles. The van der Waals surface area contributed by atoms with Gasteiger partial charge in [-0.3, -0.25) is 9.69 Å². The number of hydrogen-bond donors (Lipinski definition) is 0. The van der Waals surface area contributed by atoms with Gasteiger partial charge in [0.25, 0.3) is 5.91 Å². The number of para-hydroxylation sites is 2. The fraction of sp³-hybridized carbons (Fsp3) is 0.368. The number of ether oxygens (including phenoxy) is 1. The van der Waals surface area contributed by atoms with Gasteiger partial charge in [0, 0.05) is 31.5 Å². The Hall–Kier alpha value is -1.43. The van der Waals surface area contributed by atoms with Gasteiger partial charge in [0.05, 0.1) is 15.8 Å². The second kappa shape index (κ2) is 10.3. The molecule has 2 aliphatic rings. The van der Waals surface area contributed by atoms with E-state index in [0.717, 1.165) is 5.69 Å². The molecule has 1 fully saturated rings. The van der Waals surface area contributed by atoms with E-state index in [1.54, 1.807) is 28.0 Å². The molecule has 11 heteroatoms. The van der Waals surface area contributed by atoms with E-state index in [1.165, 1.54) is 4.90 Å². The maximum absolute atomic E-state index is 12.6. The van der Waals surface area contributed by atoms with Crippen molar-refractivity contribution in [3.8, 4) is 5.75 Å². The molecular formula is C19H22N3NaO5S2. The van der Waals surface area contributed by atoms with Crippen molar-refractivity contribution in [1.82, 2.24) is 9.80 Å². The second-order valence-electron chi connectivity index (χ2n) is 6.47. The van der Waals surface area contributed by atoms with Gasteiger partial charge in [-0.25, -0.2) is 8.42 Å². The fourth-order valence-corrected chi connectivity index (χ4v) is 4.21. The molecule has 0 bridgehead atoms. The topological polar surface area (TPSA) is 93.2 Å². The predicted molar refractivity (Wildman–Crippen MR) is 112 cm³/mol. The van der Waals surface area contributed by atoms with Crippen molar-refractivity contribution in [2.24, 2.45) is 0 Å². The molecule has 0 aromatic heterocycles. The number of allylic oxidation sites excluding steroid dienone is 2. The number of rotatable bonds is 7. The Morgan fingerprint density at radius 2 is 1.77 bits per heavy atom. The van der Waals surface area contributed by atoms with Gasteiger partial charge in [-0.1, -0.05) is 12.1 Å². The van der Waals surface area contributed by atoms with Crippen molar-refractivity contribution >= 4 is 39.0 Å². The van der Waals surface area contributed by atoms with Gasteiger partial charge in [-0.05, 0) is 50.7 Å². The summed E-state index contributed by atoms with van der Waals surface area (Å²) in [5, 5.41) is 0.470. The Morgan fingerprint density at radius 1 is 1.10 bits per heavy atom. The summed E-state index contributed by atoms with van der Waals surface area (Å²) in [6.07, 6.45) is 3.49. The van der Waals surface area contributed by atoms with E-state index in [-0.39, 0.29) is 41.9 Å². The Kier molecular flexibility index (Phi) is 8.49. The standard InChI is InChI=1S/C19H23N3O5S2.Na/c1-3-20-15(18(23)21(4-2)19(20)28)10-11-17-22(12-7-13-29(24,25)26)14-8-5-6-9-16(14)27-17;/h5-6,8-11H,3-4,7,12-13H2,1-2H3,(H,24,25,26);/q;+1/p-1/b15-10+,17-11-;. The zero-order valence-electron chi connectivity index (χ0n) is 17.2. The molecule has 2 heterocycles. The minimum atomic E-state index is -4.29. The van der Waals surface area contributed by atoms with Gasteiger partial charge < -0.3 is 19.1 Å². The van der Waals surface area contributed by atoms with E-state index in [4.69, 9.17) is 17.0 Å². The van der Waals surface area contributed by atoms with E-state index in [9.17, 15) is 17.8 Å². The second-order valence-corrected chi connectivity index (χ2v) is 8.36. The average Bonchev–Trinajstić information content (AvgIpc) is 3.13. The molecule has 3 rings (SSSR count). The number of hydrogen-bond acceptors (Lipinski definition) is 7. The number of carbonyl (C=O) groups excluding carboxylic acids is 1. The van der Waals surface area contributed by atoms with Gasteiger partial charge in [0.1, 0.15) is 5.70 Å². The third-order valence-electron chi connectivity index (χ3n) is 4.65. The smallest absolute Gasteiger partial charge is 0.748 e. The summed E-state index contributed by atoms with van der Waals surface area (Å²) >= 11 is 5.38. The number of amides is 1. The van der Waals surface area contributed by atoms with Crippen LogP contribution in [0.15, 0.2) is 48.0 Å². The number of carbonyl (C=O) groups is 1. The van der Waals surface area contributed by atoms with Crippen LogP contribution in [0.1, 0.15) is 20.3 Å². The van der Waals surface area contributed by atoms with Crippen molar-refractivity contribution in [2.75, 3.05) is 30.3 Å². The molecule has 0 spiro atoms. The van der Waals surface area contributed by atoms with Gasteiger partial charge >= 0.3 is 29.6 Å². The summed E-state index contributed by atoms with van der Waals surface area (Å²) in [7, 11) is -4.29. The van der Waals surface area contributed by atoms with Gasteiger partial charge in [0.2, 0.25) is 5.88 Å². The van der Waals surface area contributed by atoms with Gasteiger partial charge in [0.15, 0.2) is 10.9 Å². The zero-order chi connectivity index (χ0) is 21.2. The van der Waals surface area contributed by atoms with Crippen LogP contribution in [-0.2, 0) is 14.9 Å². The number of thiocarbonyl (C=S) groups is 1. The first-order chi connectivity index (χ1) is 13.8. The van der Waals surface area contributed by atoms with Gasteiger partial charge in [-0.2, -0.15) is 0 Å². The number of anilines is 1. The summed E-state index contributed by atoms with van der Waals surface area (Å²) in [5.74, 6) is 0.447. The number of likely N-dealkylation sites (N-methyl/N-ethyl adjacent to an activating group) is 2. The third kappa shape index (κ3) is 5.24. The van der Waals surface area contributed by atoms with E-state index in [2.05, 4.69) is 0 Å². The molecule has 0 atom stereocenters. The molecule has 0 saturated carbocycles. The van der Waals surface area contributed by atoms with E-state index in [0.29, 0.717) is 42.1 Å². The van der Waals surface area contributed by atoms with Crippen LogP contribution in [0.25, 0.3) is 0 Å². The molecule has 1 aromatic rings. The molecule has 1 saturated heterocycles. The molecule has 0 N–H and O–H groups in total. The van der Waals surface area contributed by atoms with Crippen LogP contribution in [0.3, 0.4) is 0 Å². The zero-order valence-corrected chi connectivity index (χ0v) is 20.8. The van der Waals surface area contributed by atoms with Crippen molar-refractivity contribution in [2.45, 2.75) is 20.3 Å². The molecular weight excluding hydrogens is 437 g/mol. The Bertz CT molecular complexity index is 994. The van der Waals surface area contributed by atoms with Crippen LogP contribution in [0, 0.1) is 0 Å². The average molecular weight is 460 g/mol. The molecule has 1 aromatic carbocycles. The number of benzene rings is 1. The van der Waals surface area contributed by atoms with Crippen molar-refractivity contribution < 1.29 is 52.1 Å². The van der Waals surface area contributed by atoms with E-state index < -0.39 is 15.9 Å². The molecule has 156 valence electrons. The number of fused-ring (bicyclic) bond motifs is 1. The Balaban J connectivity index is 0.00000320. The summed E-state index contributed by atoms with van der Waals surface area (Å²) in [5.41, 5.74) is 1.23. The minimum Gasteiger partial charge on any atom is -0.748 e. The van der Waals surface area contributed by atoms with Crippen LogP contribution in [-0.4, -0.2) is 59.2 Å². The van der Waals surface area contributed by atoms with Crippen LogP contribution in [0.5, 0.6) is 5.75 Å². The quantitative estimate of drug-likeness (QED) is 0.222. The van der Waals surface area contributed by atoms with Crippen LogP contribution >= 0.6 is 12.2 Å². The summed E-state index contributed by atoms with van der Waals surface area (Å²) in [6.45, 7) is 5.11. The first-order valence-electron chi connectivity index (χ1n) is 9.30. The SMILES string of the molecule is CCN1C(=O)/C(=C\C=C2/Oc3ccccc3N2CCCS(=O)(=O)[O-])N(CC)C1=S.[Na+]. The maximum Gasteiger partial charge on any atom is 1.00 e. The van der Waals surface area contributed by atoms with Crippen molar-refractivity contribution in [3.05, 3.63) is 48.0 Å². The first kappa shape index (κ1) is 24.8. The van der Waals surface area contributed by atoms with Crippen molar-refractivity contribution in [3.63, 3.8) is 0 Å². The molecule has 2 aliphatic heterocycles. The van der Waals surface area contributed by atoms with Crippen LogP contribution in [0.2, 0.25) is 0 Å². The normalized spacial score (nSPS) is 18.8. The molecule has 0 radical (unpaired) electrons. The Labute approximate surface area is 204 Å². The number of nitrogens with zero attached hydrogens (tertiary/aromatic N) is 3. The first-order valence-corrected chi connectivity index (χ1v) is 11.3. The Morgan fingerprint density at radius 3 is 2.40 bits per heavy atom. The summed E-state index contributed by atoms with van der Waals surface area (Å²) < 4.78 is 38.7. The van der Waals surface area contributed by atoms with Crippen LogP contribution in [0.4, 0.5) is 5.69 Å². The van der Waals surface area contributed by atoms with Gasteiger partial charge in [-0.15, -0.1) is 0 Å². The molecule has 8 nitrogen and oxygen atoms in total. The molecule has 30 heavy (non-hydrogen) atoms.